The zero-order valence-corrected chi connectivity index (χ0v) is 17.2. The molecule has 0 bridgehead atoms. The van der Waals surface area contributed by atoms with Crippen molar-refractivity contribution in [1.82, 2.24) is 14.8 Å². The monoisotopic (exact) mass is 407 g/mol. The first-order valence-electron chi connectivity index (χ1n) is 9.45. The number of carbonyl (C=O) groups excluding carboxylic acids is 2. The van der Waals surface area contributed by atoms with Crippen LogP contribution in [0, 0.1) is 10.7 Å². The summed E-state index contributed by atoms with van der Waals surface area (Å²) < 4.78 is 0.770. The standard InChI is InChI=1S/C18H25N5O2S2/c1-13(24)22-9-7-15(8-10-22)23(14-5-3-2-4-6-14)18(25)21-17-20-11-16(27-17)26-12-19/h11,14-15H,2-10H2,1H3,(H,20,21,25). The number of nitriles is 1. The molecule has 1 aliphatic heterocycles. The summed E-state index contributed by atoms with van der Waals surface area (Å²) in [6.07, 6.45) is 8.86. The molecule has 0 aromatic carbocycles. The Kier molecular flexibility index (Phi) is 6.96. The first-order chi connectivity index (χ1) is 13.1. The quantitative estimate of drug-likeness (QED) is 0.604. The van der Waals surface area contributed by atoms with Crippen LogP contribution < -0.4 is 5.32 Å². The van der Waals surface area contributed by atoms with Gasteiger partial charge in [0.05, 0.1) is 10.4 Å². The number of amides is 3. The minimum atomic E-state index is -0.106. The van der Waals surface area contributed by atoms with Crippen LogP contribution >= 0.6 is 23.1 Å². The van der Waals surface area contributed by atoms with Crippen molar-refractivity contribution in [2.45, 2.75) is 68.2 Å². The lowest BCUT2D eigenvalue weighted by molar-refractivity contribution is -0.130. The molecule has 7 nitrogen and oxygen atoms in total. The molecule has 2 fully saturated rings. The maximum absolute atomic E-state index is 13.1. The number of thiazole rings is 1. The molecular formula is C18H25N5O2S2. The number of aromatic nitrogens is 1. The van der Waals surface area contributed by atoms with Gasteiger partial charge >= 0.3 is 6.03 Å². The van der Waals surface area contributed by atoms with Crippen molar-refractivity contribution >= 4 is 40.2 Å². The summed E-state index contributed by atoms with van der Waals surface area (Å²) in [5, 5.41) is 14.3. The summed E-state index contributed by atoms with van der Waals surface area (Å²) in [5.74, 6) is 0.104. The van der Waals surface area contributed by atoms with Gasteiger partial charge in [-0.3, -0.25) is 10.1 Å². The third-order valence-electron chi connectivity index (χ3n) is 5.35. The lowest BCUT2D eigenvalue weighted by atomic mass is 9.91. The molecule has 2 aliphatic rings. The number of piperidine rings is 1. The second kappa shape index (κ2) is 9.42. The zero-order chi connectivity index (χ0) is 19.2. The number of rotatable bonds is 4. The minimum Gasteiger partial charge on any atom is -0.343 e. The van der Waals surface area contributed by atoms with Crippen LogP contribution in [0.1, 0.15) is 51.9 Å². The van der Waals surface area contributed by atoms with E-state index in [-0.39, 0.29) is 24.0 Å². The maximum Gasteiger partial charge on any atom is 0.324 e. The largest absolute Gasteiger partial charge is 0.343 e. The molecule has 1 N–H and O–H groups in total. The first-order valence-corrected chi connectivity index (χ1v) is 11.1. The molecule has 0 spiro atoms. The average molecular weight is 408 g/mol. The minimum absolute atomic E-state index is 0.104. The second-order valence-corrected chi connectivity index (χ2v) is 9.16. The van der Waals surface area contributed by atoms with E-state index < -0.39 is 0 Å². The van der Waals surface area contributed by atoms with Crippen LogP contribution in [0.15, 0.2) is 10.4 Å². The Morgan fingerprint density at radius 1 is 1.26 bits per heavy atom. The van der Waals surface area contributed by atoms with Crippen LogP contribution in [0.5, 0.6) is 0 Å². The van der Waals surface area contributed by atoms with Gasteiger partial charge in [0.1, 0.15) is 5.40 Å². The van der Waals surface area contributed by atoms with E-state index in [2.05, 4.69) is 10.3 Å². The SMILES string of the molecule is CC(=O)N1CCC(N(C(=O)Nc2ncc(SC#N)s2)C2CCCCC2)CC1. The Morgan fingerprint density at radius 3 is 2.56 bits per heavy atom. The normalized spacial score (nSPS) is 18.7. The number of carbonyl (C=O) groups is 2. The molecule has 1 saturated heterocycles. The summed E-state index contributed by atoms with van der Waals surface area (Å²) in [5.41, 5.74) is 0. The Balaban J connectivity index is 1.70. The summed E-state index contributed by atoms with van der Waals surface area (Å²) >= 11 is 2.37. The second-order valence-electron chi connectivity index (χ2n) is 7.04. The summed E-state index contributed by atoms with van der Waals surface area (Å²) in [6.45, 7) is 3.01. The molecule has 0 radical (unpaired) electrons. The Bertz CT molecular complexity index is 703. The van der Waals surface area contributed by atoms with Gasteiger partial charge in [0.25, 0.3) is 0 Å². The molecule has 146 valence electrons. The van der Waals surface area contributed by atoms with Gasteiger partial charge in [-0.25, -0.2) is 9.78 Å². The molecule has 1 aromatic rings. The van der Waals surface area contributed by atoms with E-state index in [1.807, 2.05) is 15.2 Å². The lowest BCUT2D eigenvalue weighted by Gasteiger charge is -2.43. The fraction of sp³-hybridized carbons (Fsp3) is 0.667. The molecular weight excluding hydrogens is 382 g/mol. The van der Waals surface area contributed by atoms with Crippen LogP contribution in [0.25, 0.3) is 0 Å². The topological polar surface area (TPSA) is 89.3 Å². The van der Waals surface area contributed by atoms with E-state index in [9.17, 15) is 9.59 Å². The van der Waals surface area contributed by atoms with Gasteiger partial charge in [-0.05, 0) is 25.7 Å². The third-order valence-corrected chi connectivity index (χ3v) is 6.96. The third kappa shape index (κ3) is 5.14. The molecule has 1 aromatic heterocycles. The van der Waals surface area contributed by atoms with Crippen molar-refractivity contribution in [2.24, 2.45) is 0 Å². The molecule has 3 rings (SSSR count). The number of nitrogens with zero attached hydrogens (tertiary/aromatic N) is 4. The molecule has 9 heteroatoms. The number of nitrogens with one attached hydrogen (secondary N) is 1. The van der Waals surface area contributed by atoms with E-state index >= 15 is 0 Å². The molecule has 1 aliphatic carbocycles. The fourth-order valence-corrected chi connectivity index (χ4v) is 5.26. The summed E-state index contributed by atoms with van der Waals surface area (Å²) in [4.78, 5) is 32.8. The highest BCUT2D eigenvalue weighted by molar-refractivity contribution is 8.05. The smallest absolute Gasteiger partial charge is 0.324 e. The number of likely N-dealkylation sites (tertiary alicyclic amines) is 1. The number of urea groups is 1. The van der Waals surface area contributed by atoms with Crippen molar-refractivity contribution in [3.05, 3.63) is 6.20 Å². The molecule has 0 unspecified atom stereocenters. The van der Waals surface area contributed by atoms with Crippen molar-refractivity contribution in [1.29, 1.82) is 5.26 Å². The zero-order valence-electron chi connectivity index (χ0n) is 15.5. The molecule has 3 amide bonds. The van der Waals surface area contributed by atoms with Gasteiger partial charge in [0.2, 0.25) is 5.91 Å². The highest BCUT2D eigenvalue weighted by Gasteiger charge is 2.34. The number of hydrogen-bond acceptors (Lipinski definition) is 6. The number of thiocyanates is 1. The van der Waals surface area contributed by atoms with Crippen molar-refractivity contribution in [3.63, 3.8) is 0 Å². The van der Waals surface area contributed by atoms with Crippen LogP contribution in [-0.2, 0) is 4.79 Å². The Morgan fingerprint density at radius 2 is 1.93 bits per heavy atom. The first kappa shape index (κ1) is 20.0. The summed E-state index contributed by atoms with van der Waals surface area (Å²) in [7, 11) is 0. The van der Waals surface area contributed by atoms with Crippen molar-refractivity contribution in [2.75, 3.05) is 18.4 Å². The van der Waals surface area contributed by atoms with Crippen LogP contribution in [0.3, 0.4) is 0 Å². The number of hydrogen-bond donors (Lipinski definition) is 1. The average Bonchev–Trinajstić information content (AvgIpc) is 3.10. The fourth-order valence-electron chi connectivity index (χ4n) is 4.01. The van der Waals surface area contributed by atoms with Gasteiger partial charge in [-0.2, -0.15) is 5.26 Å². The molecule has 2 heterocycles. The maximum atomic E-state index is 13.1. The number of anilines is 1. The number of thioether (sulfide) groups is 1. The predicted molar refractivity (Wildman–Crippen MR) is 107 cm³/mol. The van der Waals surface area contributed by atoms with E-state index in [0.717, 1.165) is 54.5 Å². The van der Waals surface area contributed by atoms with E-state index in [4.69, 9.17) is 5.26 Å². The van der Waals surface area contributed by atoms with Gasteiger partial charge < -0.3 is 9.80 Å². The van der Waals surface area contributed by atoms with E-state index in [1.165, 1.54) is 17.8 Å². The van der Waals surface area contributed by atoms with Gasteiger partial charge in [0, 0.05) is 43.9 Å². The van der Waals surface area contributed by atoms with E-state index in [0.29, 0.717) is 18.2 Å². The van der Waals surface area contributed by atoms with Crippen LogP contribution in [-0.4, -0.2) is 51.9 Å². The molecule has 27 heavy (non-hydrogen) atoms. The highest BCUT2D eigenvalue weighted by atomic mass is 32.2. The van der Waals surface area contributed by atoms with E-state index in [1.54, 1.807) is 13.1 Å². The van der Waals surface area contributed by atoms with Gasteiger partial charge in [0.15, 0.2) is 5.13 Å². The van der Waals surface area contributed by atoms with Crippen LogP contribution in [0.2, 0.25) is 0 Å². The van der Waals surface area contributed by atoms with Gasteiger partial charge in [-0.1, -0.05) is 30.6 Å². The predicted octanol–water partition coefficient (Wildman–Crippen LogP) is 3.89. The Hall–Kier alpha value is -1.79. The molecule has 0 atom stereocenters. The highest BCUT2D eigenvalue weighted by Crippen LogP contribution is 2.31. The Labute approximate surface area is 168 Å². The van der Waals surface area contributed by atoms with Crippen LogP contribution in [0.4, 0.5) is 9.93 Å². The van der Waals surface area contributed by atoms with Crippen molar-refractivity contribution in [3.8, 4) is 5.40 Å². The summed E-state index contributed by atoms with van der Waals surface area (Å²) in [6, 6.07) is 0.295. The van der Waals surface area contributed by atoms with Gasteiger partial charge in [-0.15, -0.1) is 0 Å². The lowest BCUT2D eigenvalue weighted by Crippen LogP contribution is -2.54. The molecule has 1 saturated carbocycles. The van der Waals surface area contributed by atoms with Crippen molar-refractivity contribution < 1.29 is 9.59 Å².